The Labute approximate surface area is 135 Å². The van der Waals surface area contributed by atoms with Gasteiger partial charge in [-0.1, -0.05) is 0 Å². The third-order valence-corrected chi connectivity index (χ3v) is 6.23. The number of likely N-dealkylation sites (tertiary alicyclic amines) is 2. The van der Waals surface area contributed by atoms with Crippen molar-refractivity contribution in [3.05, 3.63) is 0 Å². The summed E-state index contributed by atoms with van der Waals surface area (Å²) in [7, 11) is 0. The maximum absolute atomic E-state index is 11.6. The van der Waals surface area contributed by atoms with Crippen LogP contribution in [0.1, 0.15) is 52.9 Å². The highest BCUT2D eigenvalue weighted by atomic mass is 16.1. The molecule has 4 nitrogen and oxygen atoms in total. The summed E-state index contributed by atoms with van der Waals surface area (Å²) in [6, 6.07) is 1.35. The summed E-state index contributed by atoms with van der Waals surface area (Å²) in [4.78, 5) is 16.9. The summed E-state index contributed by atoms with van der Waals surface area (Å²) in [6.45, 7) is 12.8. The first-order chi connectivity index (χ1) is 10.5. The van der Waals surface area contributed by atoms with Crippen LogP contribution in [0.25, 0.3) is 0 Å². The van der Waals surface area contributed by atoms with Gasteiger partial charge < -0.3 is 15.1 Å². The Morgan fingerprint density at radius 1 is 1.27 bits per heavy atom. The van der Waals surface area contributed by atoms with Gasteiger partial charge in [-0.15, -0.1) is 0 Å². The SMILES string of the molecule is CC(C)N1CCC(CC(C)N2CCC[C@@]3(CNC(=O)C3)C2)C1. The number of hydrogen-bond acceptors (Lipinski definition) is 3. The van der Waals surface area contributed by atoms with Gasteiger partial charge in [0.2, 0.25) is 5.91 Å². The Morgan fingerprint density at radius 2 is 2.09 bits per heavy atom. The minimum absolute atomic E-state index is 0.239. The van der Waals surface area contributed by atoms with Crippen LogP contribution in [0.2, 0.25) is 0 Å². The molecular formula is C18H33N3O. The lowest BCUT2D eigenvalue weighted by atomic mass is 9.78. The van der Waals surface area contributed by atoms with Gasteiger partial charge in [0.1, 0.15) is 0 Å². The molecule has 2 unspecified atom stereocenters. The third kappa shape index (κ3) is 3.48. The van der Waals surface area contributed by atoms with Gasteiger partial charge in [0.25, 0.3) is 0 Å². The summed E-state index contributed by atoms with van der Waals surface area (Å²) < 4.78 is 0. The molecule has 126 valence electrons. The molecule has 0 saturated carbocycles. The first-order valence-electron chi connectivity index (χ1n) is 9.22. The number of amides is 1. The summed E-state index contributed by atoms with van der Waals surface area (Å²) in [5.74, 6) is 1.12. The van der Waals surface area contributed by atoms with E-state index in [4.69, 9.17) is 0 Å². The fraction of sp³-hybridized carbons (Fsp3) is 0.944. The quantitative estimate of drug-likeness (QED) is 0.864. The van der Waals surface area contributed by atoms with Crippen molar-refractivity contribution in [1.82, 2.24) is 15.1 Å². The number of carbonyl (C=O) groups excluding carboxylic acids is 1. The van der Waals surface area contributed by atoms with Gasteiger partial charge in [0.05, 0.1) is 0 Å². The van der Waals surface area contributed by atoms with Crippen LogP contribution in [0.4, 0.5) is 0 Å². The average Bonchev–Trinajstić information content (AvgIpc) is 3.07. The average molecular weight is 307 g/mol. The van der Waals surface area contributed by atoms with Gasteiger partial charge >= 0.3 is 0 Å². The van der Waals surface area contributed by atoms with E-state index in [2.05, 4.69) is 35.9 Å². The molecule has 4 heteroatoms. The molecule has 0 aromatic rings. The van der Waals surface area contributed by atoms with Crippen molar-refractivity contribution in [3.8, 4) is 0 Å². The number of rotatable bonds is 4. The predicted octanol–water partition coefficient (Wildman–Crippen LogP) is 2.10. The summed E-state index contributed by atoms with van der Waals surface area (Å²) in [6.07, 6.45) is 5.91. The molecule has 3 atom stereocenters. The highest BCUT2D eigenvalue weighted by Gasteiger charge is 2.42. The Morgan fingerprint density at radius 3 is 2.73 bits per heavy atom. The van der Waals surface area contributed by atoms with Crippen LogP contribution >= 0.6 is 0 Å². The van der Waals surface area contributed by atoms with E-state index < -0.39 is 0 Å². The molecule has 3 fully saturated rings. The molecule has 3 heterocycles. The van der Waals surface area contributed by atoms with Crippen molar-refractivity contribution < 1.29 is 4.79 Å². The van der Waals surface area contributed by atoms with E-state index in [-0.39, 0.29) is 11.3 Å². The molecule has 1 amide bonds. The van der Waals surface area contributed by atoms with Crippen LogP contribution in [-0.2, 0) is 4.79 Å². The highest BCUT2D eigenvalue weighted by Crippen LogP contribution is 2.37. The van der Waals surface area contributed by atoms with Crippen LogP contribution in [0.5, 0.6) is 0 Å². The number of nitrogens with one attached hydrogen (secondary N) is 1. The van der Waals surface area contributed by atoms with Gasteiger partial charge in [-0.2, -0.15) is 0 Å². The second-order valence-electron chi connectivity index (χ2n) is 8.36. The Balaban J connectivity index is 1.52. The zero-order chi connectivity index (χ0) is 15.7. The van der Waals surface area contributed by atoms with Crippen molar-refractivity contribution in [1.29, 1.82) is 0 Å². The van der Waals surface area contributed by atoms with Crippen LogP contribution in [0.3, 0.4) is 0 Å². The first kappa shape index (κ1) is 16.3. The predicted molar refractivity (Wildman–Crippen MR) is 89.8 cm³/mol. The van der Waals surface area contributed by atoms with Crippen LogP contribution in [-0.4, -0.2) is 60.5 Å². The molecule has 1 N–H and O–H groups in total. The number of piperidine rings is 1. The standard InChI is InChI=1S/C18H33N3O/c1-14(2)20-8-5-16(11-20)9-15(3)21-7-4-6-18(13-21)10-17(22)19-12-18/h14-16H,4-13H2,1-3H3,(H,19,22)/t15?,16?,18-/m1/s1. The molecule has 0 radical (unpaired) electrons. The lowest BCUT2D eigenvalue weighted by Crippen LogP contribution is -2.48. The number of nitrogens with zero attached hydrogens (tertiary/aromatic N) is 2. The second-order valence-corrected chi connectivity index (χ2v) is 8.36. The van der Waals surface area contributed by atoms with Gasteiger partial charge in [0, 0.05) is 43.6 Å². The fourth-order valence-corrected chi connectivity index (χ4v) is 4.82. The van der Waals surface area contributed by atoms with E-state index in [1.54, 1.807) is 0 Å². The smallest absolute Gasteiger partial charge is 0.220 e. The van der Waals surface area contributed by atoms with Crippen molar-refractivity contribution in [2.24, 2.45) is 11.3 Å². The molecule has 0 bridgehead atoms. The Hall–Kier alpha value is -0.610. The molecule has 3 aliphatic heterocycles. The summed E-state index contributed by atoms with van der Waals surface area (Å²) >= 11 is 0. The van der Waals surface area contributed by atoms with E-state index in [0.717, 1.165) is 25.4 Å². The van der Waals surface area contributed by atoms with Gasteiger partial charge in [-0.25, -0.2) is 0 Å². The maximum Gasteiger partial charge on any atom is 0.220 e. The van der Waals surface area contributed by atoms with E-state index >= 15 is 0 Å². The van der Waals surface area contributed by atoms with Crippen molar-refractivity contribution >= 4 is 5.91 Å². The minimum atomic E-state index is 0.239. The largest absolute Gasteiger partial charge is 0.355 e. The Kier molecular flexibility index (Phi) is 4.79. The highest BCUT2D eigenvalue weighted by molar-refractivity contribution is 5.79. The number of carbonyl (C=O) groups is 1. The van der Waals surface area contributed by atoms with Crippen molar-refractivity contribution in [2.75, 3.05) is 32.7 Å². The zero-order valence-corrected chi connectivity index (χ0v) is 14.6. The van der Waals surface area contributed by atoms with E-state index in [1.165, 1.54) is 45.3 Å². The molecule has 22 heavy (non-hydrogen) atoms. The van der Waals surface area contributed by atoms with Gasteiger partial charge in [0.15, 0.2) is 0 Å². The van der Waals surface area contributed by atoms with Crippen molar-refractivity contribution in [3.63, 3.8) is 0 Å². The molecule has 3 aliphatic rings. The topological polar surface area (TPSA) is 35.6 Å². The maximum atomic E-state index is 11.6. The van der Waals surface area contributed by atoms with E-state index in [1.807, 2.05) is 0 Å². The minimum Gasteiger partial charge on any atom is -0.355 e. The second kappa shape index (κ2) is 6.48. The third-order valence-electron chi connectivity index (χ3n) is 6.23. The van der Waals surface area contributed by atoms with Crippen LogP contribution in [0, 0.1) is 11.3 Å². The van der Waals surface area contributed by atoms with E-state index in [0.29, 0.717) is 12.1 Å². The van der Waals surface area contributed by atoms with E-state index in [9.17, 15) is 4.79 Å². The van der Waals surface area contributed by atoms with Crippen LogP contribution < -0.4 is 5.32 Å². The zero-order valence-electron chi connectivity index (χ0n) is 14.6. The normalized spacial score (nSPS) is 35.5. The summed E-state index contributed by atoms with van der Waals surface area (Å²) in [5.41, 5.74) is 0.239. The van der Waals surface area contributed by atoms with Crippen LogP contribution in [0.15, 0.2) is 0 Å². The van der Waals surface area contributed by atoms with Gasteiger partial charge in [-0.3, -0.25) is 4.79 Å². The van der Waals surface area contributed by atoms with Gasteiger partial charge in [-0.05, 0) is 65.5 Å². The number of hydrogen-bond donors (Lipinski definition) is 1. The summed E-state index contributed by atoms with van der Waals surface area (Å²) in [5, 5.41) is 3.06. The van der Waals surface area contributed by atoms with Crippen molar-refractivity contribution in [2.45, 2.75) is 65.0 Å². The first-order valence-corrected chi connectivity index (χ1v) is 9.22. The molecule has 3 saturated heterocycles. The fourth-order valence-electron chi connectivity index (χ4n) is 4.82. The lowest BCUT2D eigenvalue weighted by molar-refractivity contribution is -0.120. The molecular weight excluding hydrogens is 274 g/mol. The molecule has 0 aliphatic carbocycles. The monoisotopic (exact) mass is 307 g/mol. The Bertz CT molecular complexity index is 411. The molecule has 3 rings (SSSR count). The molecule has 0 aromatic carbocycles. The molecule has 1 spiro atoms. The lowest BCUT2D eigenvalue weighted by Gasteiger charge is -2.42. The molecule has 0 aromatic heterocycles.